The van der Waals surface area contributed by atoms with Gasteiger partial charge in [-0.25, -0.2) is 18.6 Å². The van der Waals surface area contributed by atoms with Gasteiger partial charge in [0.2, 0.25) is 0 Å². The largest absolute Gasteiger partial charge is 0.465 e. The van der Waals surface area contributed by atoms with E-state index in [4.69, 9.17) is 4.74 Å². The number of halogens is 2. The van der Waals surface area contributed by atoms with Crippen LogP contribution in [0.2, 0.25) is 0 Å². The lowest BCUT2D eigenvalue weighted by atomic mass is 10.3. The van der Waals surface area contributed by atoms with Crippen molar-refractivity contribution in [2.45, 2.75) is 13.0 Å². The number of esters is 1. The molecular weight excluding hydrogens is 318 g/mol. The van der Waals surface area contributed by atoms with Crippen molar-refractivity contribution in [3.05, 3.63) is 35.8 Å². The van der Waals surface area contributed by atoms with Gasteiger partial charge in [-0.15, -0.1) is 0 Å². The van der Waals surface area contributed by atoms with Crippen molar-refractivity contribution in [1.82, 2.24) is 19.2 Å². The molecule has 6 nitrogen and oxygen atoms in total. The van der Waals surface area contributed by atoms with E-state index in [1.165, 1.54) is 7.11 Å². The van der Waals surface area contributed by atoms with Crippen LogP contribution in [0.1, 0.15) is 16.1 Å². The number of hydrogen-bond donors (Lipinski definition) is 0. The Balaban J connectivity index is 1.67. The topological polar surface area (TPSA) is 50.1 Å². The molecule has 0 bridgehead atoms. The Hall–Kier alpha value is -2.06. The zero-order chi connectivity index (χ0) is 17.1. The Bertz CT molecular complexity index is 711. The summed E-state index contributed by atoms with van der Waals surface area (Å²) in [6.07, 6.45) is 1.43. The zero-order valence-electron chi connectivity index (χ0n) is 13.5. The highest BCUT2D eigenvalue weighted by molar-refractivity contribution is 5.95. The van der Waals surface area contributed by atoms with Gasteiger partial charge in [0.15, 0.2) is 5.65 Å². The van der Waals surface area contributed by atoms with Crippen molar-refractivity contribution in [3.63, 3.8) is 0 Å². The van der Waals surface area contributed by atoms with Gasteiger partial charge in [-0.3, -0.25) is 9.80 Å². The molecule has 1 saturated heterocycles. The first-order chi connectivity index (χ1) is 11.6. The van der Waals surface area contributed by atoms with E-state index in [2.05, 4.69) is 9.88 Å². The molecule has 3 rings (SSSR count). The third kappa shape index (κ3) is 3.70. The predicted octanol–water partition coefficient (Wildman–Crippen LogP) is 1.50. The smallest absolute Gasteiger partial charge is 0.341 e. The van der Waals surface area contributed by atoms with Crippen LogP contribution < -0.4 is 0 Å². The molecule has 1 aliphatic rings. The van der Waals surface area contributed by atoms with Crippen molar-refractivity contribution in [2.24, 2.45) is 0 Å². The summed E-state index contributed by atoms with van der Waals surface area (Å²) in [7, 11) is 1.34. The SMILES string of the molecule is COC(=O)c1cccn2cc(CN3CCN(CC(F)F)CC3)nc12. The summed E-state index contributed by atoms with van der Waals surface area (Å²) in [5.74, 6) is -0.418. The number of nitrogens with zero attached hydrogens (tertiary/aromatic N) is 4. The Labute approximate surface area is 138 Å². The Morgan fingerprint density at radius 2 is 2.00 bits per heavy atom. The van der Waals surface area contributed by atoms with Crippen molar-refractivity contribution in [1.29, 1.82) is 0 Å². The van der Waals surface area contributed by atoms with Gasteiger partial charge in [-0.2, -0.15) is 0 Å². The number of fused-ring (bicyclic) bond motifs is 1. The van der Waals surface area contributed by atoms with E-state index in [0.29, 0.717) is 30.8 Å². The van der Waals surface area contributed by atoms with Crippen LogP contribution in [0.5, 0.6) is 0 Å². The summed E-state index contributed by atoms with van der Waals surface area (Å²) in [6, 6.07) is 3.45. The lowest BCUT2D eigenvalue weighted by molar-refractivity contribution is 0.0540. The van der Waals surface area contributed by atoms with Crippen LogP contribution in [-0.2, 0) is 11.3 Å². The fourth-order valence-corrected chi connectivity index (χ4v) is 2.96. The quantitative estimate of drug-likeness (QED) is 0.774. The predicted molar refractivity (Wildman–Crippen MR) is 84.3 cm³/mol. The van der Waals surface area contributed by atoms with E-state index in [9.17, 15) is 13.6 Å². The van der Waals surface area contributed by atoms with Crippen molar-refractivity contribution < 1.29 is 18.3 Å². The molecule has 0 radical (unpaired) electrons. The van der Waals surface area contributed by atoms with Crippen LogP contribution in [0, 0.1) is 0 Å². The second-order valence-electron chi connectivity index (χ2n) is 5.84. The van der Waals surface area contributed by atoms with Crippen molar-refractivity contribution in [3.8, 4) is 0 Å². The maximum absolute atomic E-state index is 12.4. The lowest BCUT2D eigenvalue weighted by Gasteiger charge is -2.33. The molecule has 2 aromatic rings. The lowest BCUT2D eigenvalue weighted by Crippen LogP contribution is -2.47. The number of carbonyl (C=O) groups excluding carboxylic acids is 1. The van der Waals surface area contributed by atoms with E-state index in [0.717, 1.165) is 18.8 Å². The first-order valence-electron chi connectivity index (χ1n) is 7.84. The summed E-state index contributed by atoms with van der Waals surface area (Å²) in [5.41, 5.74) is 1.83. The third-order valence-electron chi connectivity index (χ3n) is 4.18. The number of methoxy groups -OCH3 is 1. The number of rotatable bonds is 5. The van der Waals surface area contributed by atoms with Crippen LogP contribution in [0.15, 0.2) is 24.5 Å². The van der Waals surface area contributed by atoms with Crippen LogP contribution >= 0.6 is 0 Å². The minimum Gasteiger partial charge on any atom is -0.465 e. The Morgan fingerprint density at radius 1 is 1.29 bits per heavy atom. The molecule has 3 heterocycles. The molecule has 0 unspecified atom stereocenters. The number of hydrogen-bond acceptors (Lipinski definition) is 5. The molecule has 0 saturated carbocycles. The highest BCUT2D eigenvalue weighted by atomic mass is 19.3. The molecule has 0 N–H and O–H groups in total. The summed E-state index contributed by atoms with van der Waals surface area (Å²) >= 11 is 0. The van der Waals surface area contributed by atoms with Gasteiger partial charge in [0.1, 0.15) is 5.56 Å². The summed E-state index contributed by atoms with van der Waals surface area (Å²) in [4.78, 5) is 20.3. The van der Waals surface area contributed by atoms with Gasteiger partial charge in [0, 0.05) is 45.1 Å². The molecule has 130 valence electrons. The second kappa shape index (κ2) is 7.23. The molecule has 0 amide bonds. The minimum atomic E-state index is -2.29. The number of pyridine rings is 1. The van der Waals surface area contributed by atoms with E-state index in [-0.39, 0.29) is 6.54 Å². The maximum atomic E-state index is 12.4. The van der Waals surface area contributed by atoms with Gasteiger partial charge < -0.3 is 9.14 Å². The molecule has 2 aromatic heterocycles. The minimum absolute atomic E-state index is 0.162. The van der Waals surface area contributed by atoms with Crippen LogP contribution in [0.3, 0.4) is 0 Å². The van der Waals surface area contributed by atoms with Crippen molar-refractivity contribution >= 4 is 11.6 Å². The number of aromatic nitrogens is 2. The fraction of sp³-hybridized carbons (Fsp3) is 0.500. The highest BCUT2D eigenvalue weighted by Gasteiger charge is 2.21. The van der Waals surface area contributed by atoms with Crippen LogP contribution in [0.25, 0.3) is 5.65 Å². The van der Waals surface area contributed by atoms with E-state index in [1.54, 1.807) is 21.4 Å². The van der Waals surface area contributed by atoms with E-state index >= 15 is 0 Å². The van der Waals surface area contributed by atoms with E-state index < -0.39 is 12.4 Å². The molecule has 1 fully saturated rings. The fourth-order valence-electron chi connectivity index (χ4n) is 2.96. The normalized spacial score (nSPS) is 16.8. The molecule has 8 heteroatoms. The zero-order valence-corrected chi connectivity index (χ0v) is 13.5. The number of imidazole rings is 1. The van der Waals surface area contributed by atoms with Crippen LogP contribution in [0.4, 0.5) is 8.78 Å². The first-order valence-corrected chi connectivity index (χ1v) is 7.84. The number of alkyl halides is 2. The number of ether oxygens (including phenoxy) is 1. The standard InChI is InChI=1S/C16H20F2N4O2/c1-24-16(23)13-3-2-4-22-10-12(19-15(13)22)9-20-5-7-21(8-6-20)11-14(17)18/h2-4,10,14H,5-9,11H2,1H3. The van der Waals surface area contributed by atoms with E-state index in [1.807, 2.05) is 12.4 Å². The highest BCUT2D eigenvalue weighted by Crippen LogP contribution is 2.15. The average molecular weight is 338 g/mol. The Kier molecular flexibility index (Phi) is 5.06. The summed E-state index contributed by atoms with van der Waals surface area (Å²) < 4.78 is 31.4. The maximum Gasteiger partial charge on any atom is 0.341 e. The average Bonchev–Trinajstić information content (AvgIpc) is 2.97. The monoisotopic (exact) mass is 338 g/mol. The van der Waals surface area contributed by atoms with Crippen LogP contribution in [-0.4, -0.2) is 71.4 Å². The molecule has 0 aliphatic carbocycles. The first kappa shape index (κ1) is 16.8. The third-order valence-corrected chi connectivity index (χ3v) is 4.18. The van der Waals surface area contributed by atoms with Gasteiger partial charge >= 0.3 is 5.97 Å². The van der Waals surface area contributed by atoms with Gasteiger partial charge in [-0.05, 0) is 12.1 Å². The molecular formula is C16H20F2N4O2. The van der Waals surface area contributed by atoms with Crippen molar-refractivity contribution in [2.75, 3.05) is 39.8 Å². The van der Waals surface area contributed by atoms with Gasteiger partial charge in [-0.1, -0.05) is 0 Å². The second-order valence-corrected chi connectivity index (χ2v) is 5.84. The molecule has 0 aromatic carbocycles. The summed E-state index contributed by atoms with van der Waals surface area (Å²) in [5, 5.41) is 0. The molecule has 1 aliphatic heterocycles. The summed E-state index contributed by atoms with van der Waals surface area (Å²) in [6.45, 7) is 3.18. The molecule has 0 spiro atoms. The number of piperazine rings is 1. The molecule has 24 heavy (non-hydrogen) atoms. The number of carbonyl (C=O) groups is 1. The molecule has 0 atom stereocenters. The Morgan fingerprint density at radius 3 is 2.67 bits per heavy atom. The van der Waals surface area contributed by atoms with Gasteiger partial charge in [0.05, 0.1) is 19.3 Å². The van der Waals surface area contributed by atoms with Gasteiger partial charge in [0.25, 0.3) is 6.43 Å².